The second-order valence-electron chi connectivity index (χ2n) is 6.93. The second kappa shape index (κ2) is 7.42. The predicted octanol–water partition coefficient (Wildman–Crippen LogP) is 4.25. The Morgan fingerprint density at radius 1 is 1.12 bits per heavy atom. The van der Waals surface area contributed by atoms with Crippen molar-refractivity contribution < 1.29 is 22.6 Å². The molecule has 0 radical (unpaired) electrons. The highest BCUT2D eigenvalue weighted by molar-refractivity contribution is 5.94. The molecule has 1 aliphatic rings. The molecule has 2 N–H and O–H groups in total. The van der Waals surface area contributed by atoms with Crippen LogP contribution in [0.2, 0.25) is 0 Å². The number of nitriles is 1. The summed E-state index contributed by atoms with van der Waals surface area (Å²) in [5, 5.41) is 12.7. The van der Waals surface area contributed by atoms with E-state index < -0.39 is 11.7 Å². The number of halogens is 3. The number of pyridine rings is 1. The Morgan fingerprint density at radius 2 is 1.97 bits per heavy atom. The number of nitrogens with one attached hydrogen (secondary N) is 2. The van der Waals surface area contributed by atoms with E-state index in [1.54, 1.807) is 6.07 Å². The van der Waals surface area contributed by atoms with Gasteiger partial charge in [-0.15, -0.1) is 0 Å². The lowest BCUT2D eigenvalue weighted by Gasteiger charge is -2.09. The number of hydrogen-bond acceptors (Lipinski definition) is 7. The summed E-state index contributed by atoms with van der Waals surface area (Å²) in [6.07, 6.45) is -0.990. The van der Waals surface area contributed by atoms with Crippen molar-refractivity contribution >= 4 is 17.0 Å². The molecular weight excluding hydrogens is 425 g/mol. The van der Waals surface area contributed by atoms with Gasteiger partial charge in [-0.25, -0.2) is 15.0 Å². The Kier molecular flexibility index (Phi) is 4.55. The Hall–Kier alpha value is -4.33. The number of benzene rings is 1. The Bertz CT molecular complexity index is 1380. The van der Waals surface area contributed by atoms with Crippen LogP contribution in [0.5, 0.6) is 11.5 Å². The number of ether oxygens (including phenoxy) is 2. The van der Waals surface area contributed by atoms with Crippen molar-refractivity contribution in [3.8, 4) is 28.8 Å². The molecule has 160 valence electrons. The molecule has 0 bridgehead atoms. The molecule has 0 atom stereocenters. The normalized spacial score (nSPS) is 12.7. The number of alkyl halides is 3. The number of nitrogens with zero attached hydrogens (tertiary/aromatic N) is 4. The van der Waals surface area contributed by atoms with Crippen molar-refractivity contribution in [3.05, 3.63) is 59.5 Å². The van der Waals surface area contributed by atoms with Crippen LogP contribution in [0.15, 0.2) is 42.9 Å². The van der Waals surface area contributed by atoms with Crippen LogP contribution in [0.3, 0.4) is 0 Å². The van der Waals surface area contributed by atoms with Gasteiger partial charge in [0.2, 0.25) is 12.7 Å². The first-order valence-corrected chi connectivity index (χ1v) is 9.36. The number of hydrogen-bond donors (Lipinski definition) is 2. The molecule has 0 aliphatic carbocycles. The average molecular weight is 438 g/mol. The number of anilines is 1. The topological polar surface area (TPSA) is 109 Å². The summed E-state index contributed by atoms with van der Waals surface area (Å²) in [7, 11) is 0. The fourth-order valence-electron chi connectivity index (χ4n) is 3.34. The number of aromatic nitrogens is 4. The molecule has 5 rings (SSSR count). The van der Waals surface area contributed by atoms with Crippen molar-refractivity contribution in [2.45, 2.75) is 12.7 Å². The van der Waals surface area contributed by atoms with Gasteiger partial charge in [-0.3, -0.25) is 0 Å². The molecule has 0 amide bonds. The van der Waals surface area contributed by atoms with E-state index in [9.17, 15) is 18.4 Å². The standard InChI is InChI=1S/C21H13F3N6O2/c22-21(23,24)13-4-14-15(9-27-19(14)26-8-13)18-12(5-25)7-29-20(30-18)28-6-11-1-2-16-17(3-11)32-10-31-16/h1-4,7-9H,6,10H2,(H,26,27)(H,28,29,30). The van der Waals surface area contributed by atoms with Gasteiger partial charge in [0.05, 0.1) is 23.0 Å². The van der Waals surface area contributed by atoms with E-state index in [2.05, 4.69) is 25.3 Å². The maximum Gasteiger partial charge on any atom is 0.417 e. The van der Waals surface area contributed by atoms with Crippen molar-refractivity contribution in [2.75, 3.05) is 12.1 Å². The van der Waals surface area contributed by atoms with Gasteiger partial charge in [-0.1, -0.05) is 6.07 Å². The highest BCUT2D eigenvalue weighted by atomic mass is 19.4. The zero-order valence-corrected chi connectivity index (χ0v) is 16.2. The van der Waals surface area contributed by atoms with E-state index >= 15 is 0 Å². The monoisotopic (exact) mass is 438 g/mol. The zero-order chi connectivity index (χ0) is 22.3. The van der Waals surface area contributed by atoms with Crippen LogP contribution < -0.4 is 14.8 Å². The molecule has 3 aromatic heterocycles. The minimum absolute atomic E-state index is 0.122. The van der Waals surface area contributed by atoms with Crippen LogP contribution in [-0.2, 0) is 12.7 Å². The Morgan fingerprint density at radius 3 is 2.78 bits per heavy atom. The van der Waals surface area contributed by atoms with Crippen LogP contribution >= 0.6 is 0 Å². The highest BCUT2D eigenvalue weighted by Crippen LogP contribution is 2.35. The summed E-state index contributed by atoms with van der Waals surface area (Å²) in [6, 6.07) is 8.44. The fraction of sp³-hybridized carbons (Fsp3) is 0.143. The largest absolute Gasteiger partial charge is 0.454 e. The lowest BCUT2D eigenvalue weighted by atomic mass is 10.1. The molecule has 0 saturated carbocycles. The molecular formula is C21H13F3N6O2. The smallest absolute Gasteiger partial charge is 0.417 e. The van der Waals surface area contributed by atoms with E-state index in [1.807, 2.05) is 18.2 Å². The van der Waals surface area contributed by atoms with Crippen LogP contribution in [0.4, 0.5) is 19.1 Å². The molecule has 8 nitrogen and oxygen atoms in total. The van der Waals surface area contributed by atoms with Gasteiger partial charge < -0.3 is 19.8 Å². The minimum Gasteiger partial charge on any atom is -0.454 e. The van der Waals surface area contributed by atoms with Crippen LogP contribution in [-0.4, -0.2) is 26.7 Å². The number of rotatable bonds is 4. The molecule has 0 fully saturated rings. The van der Waals surface area contributed by atoms with Gasteiger partial charge in [0.1, 0.15) is 11.7 Å². The van der Waals surface area contributed by atoms with Crippen LogP contribution in [0.1, 0.15) is 16.7 Å². The lowest BCUT2D eigenvalue weighted by molar-refractivity contribution is -0.137. The fourth-order valence-corrected chi connectivity index (χ4v) is 3.34. The minimum atomic E-state index is -4.54. The van der Waals surface area contributed by atoms with Crippen molar-refractivity contribution in [1.82, 2.24) is 19.9 Å². The molecule has 1 aromatic carbocycles. The van der Waals surface area contributed by atoms with E-state index in [-0.39, 0.29) is 35.0 Å². The zero-order valence-electron chi connectivity index (χ0n) is 16.2. The van der Waals surface area contributed by atoms with Crippen LogP contribution in [0.25, 0.3) is 22.3 Å². The molecule has 0 unspecified atom stereocenters. The summed E-state index contributed by atoms with van der Waals surface area (Å²) in [5.41, 5.74) is 0.892. The van der Waals surface area contributed by atoms with Crippen molar-refractivity contribution in [3.63, 3.8) is 0 Å². The second-order valence-corrected chi connectivity index (χ2v) is 6.93. The molecule has 4 heterocycles. The van der Waals surface area contributed by atoms with Gasteiger partial charge in [0.15, 0.2) is 11.5 Å². The molecule has 1 aliphatic heterocycles. The van der Waals surface area contributed by atoms with Crippen molar-refractivity contribution in [2.24, 2.45) is 0 Å². The first-order chi connectivity index (χ1) is 15.4. The molecule has 0 saturated heterocycles. The van der Waals surface area contributed by atoms with Gasteiger partial charge in [-0.05, 0) is 23.8 Å². The van der Waals surface area contributed by atoms with Crippen LogP contribution in [0, 0.1) is 11.3 Å². The summed E-state index contributed by atoms with van der Waals surface area (Å²) < 4.78 is 50.1. The third-order valence-electron chi connectivity index (χ3n) is 4.91. The SMILES string of the molecule is N#Cc1cnc(NCc2ccc3c(c2)OCO3)nc1-c1c[nH]c2ncc(C(F)(F)F)cc12. The summed E-state index contributed by atoms with van der Waals surface area (Å²) in [6.45, 7) is 0.527. The molecule has 32 heavy (non-hydrogen) atoms. The number of H-pyrrole nitrogens is 1. The summed E-state index contributed by atoms with van der Waals surface area (Å²) >= 11 is 0. The highest BCUT2D eigenvalue weighted by Gasteiger charge is 2.31. The van der Waals surface area contributed by atoms with Crippen molar-refractivity contribution in [1.29, 1.82) is 5.26 Å². The molecule has 11 heteroatoms. The van der Waals surface area contributed by atoms with Gasteiger partial charge in [0.25, 0.3) is 0 Å². The summed E-state index contributed by atoms with van der Waals surface area (Å²) in [4.78, 5) is 15.2. The Labute approximate surface area is 178 Å². The summed E-state index contributed by atoms with van der Waals surface area (Å²) in [5.74, 6) is 1.51. The van der Waals surface area contributed by atoms with E-state index in [0.717, 1.165) is 17.8 Å². The Balaban J connectivity index is 1.48. The van der Waals surface area contributed by atoms with Gasteiger partial charge in [-0.2, -0.15) is 18.4 Å². The van der Waals surface area contributed by atoms with Gasteiger partial charge >= 0.3 is 6.18 Å². The third kappa shape index (κ3) is 3.51. The molecule has 0 spiro atoms. The first-order valence-electron chi connectivity index (χ1n) is 9.36. The maximum atomic E-state index is 13.2. The number of fused-ring (bicyclic) bond motifs is 2. The van der Waals surface area contributed by atoms with Gasteiger partial charge in [0, 0.05) is 29.9 Å². The average Bonchev–Trinajstić information content (AvgIpc) is 3.42. The maximum absolute atomic E-state index is 13.2. The van der Waals surface area contributed by atoms with E-state index in [4.69, 9.17) is 9.47 Å². The van der Waals surface area contributed by atoms with E-state index in [0.29, 0.717) is 23.6 Å². The number of aromatic amines is 1. The quantitative estimate of drug-likeness (QED) is 0.490. The lowest BCUT2D eigenvalue weighted by Crippen LogP contribution is -2.06. The van der Waals surface area contributed by atoms with E-state index in [1.165, 1.54) is 12.4 Å². The predicted molar refractivity (Wildman–Crippen MR) is 107 cm³/mol. The first kappa shape index (κ1) is 19.6. The third-order valence-corrected chi connectivity index (χ3v) is 4.91. The molecule has 4 aromatic rings.